The average Bonchev–Trinajstić information content (AvgIpc) is 2.66. The molecule has 0 aromatic carbocycles. The van der Waals surface area contributed by atoms with Crippen LogP contribution in [0.4, 0.5) is 13.2 Å². The molecule has 0 N–H and O–H groups in total. The first-order chi connectivity index (χ1) is 10.3. The van der Waals surface area contributed by atoms with Crippen molar-refractivity contribution in [1.29, 1.82) is 0 Å². The lowest BCUT2D eigenvalue weighted by Crippen LogP contribution is -2.32. The number of likely N-dealkylation sites (tertiary alicyclic amines) is 1. The van der Waals surface area contributed by atoms with E-state index in [2.05, 4.69) is 21.0 Å². The Morgan fingerprint density at radius 1 is 1.23 bits per heavy atom. The van der Waals surface area contributed by atoms with Crippen LogP contribution in [-0.2, 0) is 17.5 Å². The molecule has 22 heavy (non-hydrogen) atoms. The van der Waals surface area contributed by atoms with E-state index in [1.807, 2.05) is 4.90 Å². The Morgan fingerprint density at radius 3 is 2.32 bits per heavy atom. The van der Waals surface area contributed by atoms with Gasteiger partial charge in [0.2, 0.25) is 5.91 Å². The predicted octanol–water partition coefficient (Wildman–Crippen LogP) is 3.77. The van der Waals surface area contributed by atoms with Crippen molar-refractivity contribution in [3.8, 4) is 0 Å². The molecular formula is C14H19BrF3N3O. The van der Waals surface area contributed by atoms with E-state index < -0.39 is 11.9 Å². The number of hydrogen-bond acceptors (Lipinski definition) is 2. The van der Waals surface area contributed by atoms with Gasteiger partial charge in [-0.1, -0.05) is 12.8 Å². The third kappa shape index (κ3) is 4.02. The fourth-order valence-electron chi connectivity index (χ4n) is 2.60. The molecule has 1 aromatic heterocycles. The standard InChI is InChI=1S/C14H19BrF3N3O/c1-10-12(15)13(14(16,17)18)19-21(10)9-6-11(22)20-7-4-2-3-5-8-20/h2-9H2,1H3. The molecule has 2 heterocycles. The molecule has 1 amide bonds. The molecule has 124 valence electrons. The van der Waals surface area contributed by atoms with Crippen LogP contribution in [0.1, 0.15) is 43.5 Å². The lowest BCUT2D eigenvalue weighted by molar-refractivity contribution is -0.142. The average molecular weight is 382 g/mol. The molecule has 2 rings (SSSR count). The SMILES string of the molecule is Cc1c(Br)c(C(F)(F)F)nn1CCC(=O)N1CCCCCC1. The van der Waals surface area contributed by atoms with Crippen molar-refractivity contribution in [3.63, 3.8) is 0 Å². The molecule has 1 aliphatic rings. The van der Waals surface area contributed by atoms with Crippen LogP contribution in [0.15, 0.2) is 4.47 Å². The summed E-state index contributed by atoms with van der Waals surface area (Å²) in [5.41, 5.74) is -0.553. The van der Waals surface area contributed by atoms with Gasteiger partial charge < -0.3 is 4.90 Å². The molecule has 1 saturated heterocycles. The summed E-state index contributed by atoms with van der Waals surface area (Å²) in [5.74, 6) is -0.0125. The summed E-state index contributed by atoms with van der Waals surface area (Å²) in [5, 5.41) is 3.59. The summed E-state index contributed by atoms with van der Waals surface area (Å²) < 4.78 is 39.6. The third-order valence-corrected chi connectivity index (χ3v) is 4.85. The maximum atomic E-state index is 12.8. The lowest BCUT2D eigenvalue weighted by Gasteiger charge is -2.20. The van der Waals surface area contributed by atoms with Crippen LogP contribution in [-0.4, -0.2) is 33.7 Å². The minimum Gasteiger partial charge on any atom is -0.343 e. The Hall–Kier alpha value is -1.05. The van der Waals surface area contributed by atoms with Crippen LogP contribution >= 0.6 is 15.9 Å². The molecule has 4 nitrogen and oxygen atoms in total. The highest BCUT2D eigenvalue weighted by atomic mass is 79.9. The molecule has 1 aliphatic heterocycles. The summed E-state index contributed by atoms with van der Waals surface area (Å²) in [6.07, 6.45) is -0.0730. The number of aryl methyl sites for hydroxylation is 1. The molecule has 0 radical (unpaired) electrons. The fourth-order valence-corrected chi connectivity index (χ4v) is 3.11. The van der Waals surface area contributed by atoms with Gasteiger partial charge in [0.15, 0.2) is 5.69 Å². The molecule has 0 spiro atoms. The molecular weight excluding hydrogens is 363 g/mol. The summed E-state index contributed by atoms with van der Waals surface area (Å²) in [7, 11) is 0. The van der Waals surface area contributed by atoms with Crippen LogP contribution < -0.4 is 0 Å². The number of hydrogen-bond donors (Lipinski definition) is 0. The van der Waals surface area contributed by atoms with Gasteiger partial charge >= 0.3 is 6.18 Å². The van der Waals surface area contributed by atoms with Crippen LogP contribution in [0.5, 0.6) is 0 Å². The van der Waals surface area contributed by atoms with E-state index >= 15 is 0 Å². The highest BCUT2D eigenvalue weighted by Gasteiger charge is 2.37. The van der Waals surface area contributed by atoms with Crippen LogP contribution in [0.25, 0.3) is 0 Å². The van der Waals surface area contributed by atoms with Crippen molar-refractivity contribution in [3.05, 3.63) is 15.9 Å². The topological polar surface area (TPSA) is 38.1 Å². The number of halogens is 4. The Balaban J connectivity index is 2.01. The first-order valence-corrected chi connectivity index (χ1v) is 8.18. The van der Waals surface area contributed by atoms with Gasteiger partial charge in [-0.15, -0.1) is 0 Å². The molecule has 0 saturated carbocycles. The van der Waals surface area contributed by atoms with Gasteiger partial charge in [0.05, 0.1) is 16.7 Å². The Labute approximate surface area is 135 Å². The second kappa shape index (κ2) is 7.02. The molecule has 0 aliphatic carbocycles. The van der Waals surface area contributed by atoms with Gasteiger partial charge in [-0.2, -0.15) is 18.3 Å². The monoisotopic (exact) mass is 381 g/mol. The zero-order valence-electron chi connectivity index (χ0n) is 12.4. The Morgan fingerprint density at radius 2 is 1.82 bits per heavy atom. The van der Waals surface area contributed by atoms with Crippen LogP contribution in [0.2, 0.25) is 0 Å². The van der Waals surface area contributed by atoms with E-state index in [0.29, 0.717) is 5.69 Å². The zero-order chi connectivity index (χ0) is 16.3. The number of amides is 1. The third-order valence-electron chi connectivity index (χ3n) is 3.90. The van der Waals surface area contributed by atoms with Gasteiger partial charge in [-0.05, 0) is 35.7 Å². The summed E-state index contributed by atoms with van der Waals surface area (Å²) in [6.45, 7) is 3.21. The van der Waals surface area contributed by atoms with E-state index in [0.717, 1.165) is 38.8 Å². The smallest absolute Gasteiger partial charge is 0.343 e. The number of nitrogens with zero attached hydrogens (tertiary/aromatic N) is 3. The molecule has 0 unspecified atom stereocenters. The van der Waals surface area contributed by atoms with Gasteiger partial charge in [0, 0.05) is 19.5 Å². The van der Waals surface area contributed by atoms with Crippen molar-refractivity contribution < 1.29 is 18.0 Å². The molecule has 1 fully saturated rings. The quantitative estimate of drug-likeness (QED) is 0.799. The minimum atomic E-state index is -4.50. The van der Waals surface area contributed by atoms with Gasteiger partial charge in [-0.25, -0.2) is 0 Å². The second-order valence-corrected chi connectivity index (χ2v) is 6.31. The first kappa shape index (κ1) is 17.3. The minimum absolute atomic E-state index is 0.0125. The lowest BCUT2D eigenvalue weighted by atomic mass is 10.2. The predicted molar refractivity (Wildman–Crippen MR) is 79.3 cm³/mol. The van der Waals surface area contributed by atoms with Gasteiger partial charge in [-0.3, -0.25) is 9.48 Å². The maximum absolute atomic E-state index is 12.8. The summed E-state index contributed by atoms with van der Waals surface area (Å²) >= 11 is 2.93. The number of carbonyl (C=O) groups is 1. The fraction of sp³-hybridized carbons (Fsp3) is 0.714. The molecule has 8 heteroatoms. The van der Waals surface area contributed by atoms with Crippen molar-refractivity contribution in [2.24, 2.45) is 0 Å². The first-order valence-electron chi connectivity index (χ1n) is 7.38. The van der Waals surface area contributed by atoms with E-state index in [4.69, 9.17) is 0 Å². The summed E-state index contributed by atoms with van der Waals surface area (Å²) in [4.78, 5) is 14.0. The number of aromatic nitrogens is 2. The van der Waals surface area contributed by atoms with E-state index in [1.54, 1.807) is 6.92 Å². The van der Waals surface area contributed by atoms with Crippen LogP contribution in [0.3, 0.4) is 0 Å². The molecule has 0 atom stereocenters. The highest BCUT2D eigenvalue weighted by Crippen LogP contribution is 2.35. The molecule has 1 aromatic rings. The number of rotatable bonds is 3. The second-order valence-electron chi connectivity index (χ2n) is 5.51. The number of carbonyl (C=O) groups excluding carboxylic acids is 1. The van der Waals surface area contributed by atoms with E-state index in [1.165, 1.54) is 4.68 Å². The number of alkyl halides is 3. The summed E-state index contributed by atoms with van der Waals surface area (Å²) in [6, 6.07) is 0. The zero-order valence-corrected chi connectivity index (χ0v) is 14.0. The van der Waals surface area contributed by atoms with E-state index in [-0.39, 0.29) is 23.3 Å². The van der Waals surface area contributed by atoms with Crippen molar-refractivity contribution in [2.75, 3.05) is 13.1 Å². The largest absolute Gasteiger partial charge is 0.436 e. The molecule has 0 bridgehead atoms. The Kier molecular flexibility index (Phi) is 5.52. The maximum Gasteiger partial charge on any atom is 0.436 e. The Bertz CT molecular complexity index is 534. The van der Waals surface area contributed by atoms with Gasteiger partial charge in [0.25, 0.3) is 0 Å². The van der Waals surface area contributed by atoms with Crippen LogP contribution in [0, 0.1) is 6.92 Å². The van der Waals surface area contributed by atoms with Crippen molar-refractivity contribution >= 4 is 21.8 Å². The van der Waals surface area contributed by atoms with Crippen molar-refractivity contribution in [2.45, 2.75) is 51.7 Å². The van der Waals surface area contributed by atoms with Gasteiger partial charge in [0.1, 0.15) is 0 Å². The van der Waals surface area contributed by atoms with E-state index in [9.17, 15) is 18.0 Å². The normalized spacial score (nSPS) is 16.7. The van der Waals surface area contributed by atoms with Crippen molar-refractivity contribution in [1.82, 2.24) is 14.7 Å². The highest BCUT2D eigenvalue weighted by molar-refractivity contribution is 9.10.